The van der Waals surface area contributed by atoms with Crippen LogP contribution in [0.4, 0.5) is 16.0 Å². The first kappa shape index (κ1) is 25.3. The van der Waals surface area contributed by atoms with Crippen LogP contribution in [0.5, 0.6) is 0 Å². The Balaban J connectivity index is 1.65. The molecular weight excluding hydrogens is 479 g/mol. The maximum Gasteiger partial charge on any atom is 0.126 e. The molecule has 9 heteroatoms. The van der Waals surface area contributed by atoms with E-state index in [1.165, 1.54) is 12.1 Å². The van der Waals surface area contributed by atoms with Gasteiger partial charge >= 0.3 is 0 Å². The molecule has 0 spiro atoms. The van der Waals surface area contributed by atoms with Crippen LogP contribution in [-0.4, -0.2) is 45.8 Å². The van der Waals surface area contributed by atoms with Crippen molar-refractivity contribution in [3.8, 4) is 33.6 Å². The predicted octanol–water partition coefficient (Wildman–Crippen LogP) is 4.79. The van der Waals surface area contributed by atoms with Gasteiger partial charge in [-0.2, -0.15) is 5.10 Å². The van der Waals surface area contributed by atoms with Gasteiger partial charge in [0.25, 0.3) is 0 Å². The molecule has 5 aromatic rings. The van der Waals surface area contributed by atoms with Crippen molar-refractivity contribution in [3.05, 3.63) is 84.9 Å². The van der Waals surface area contributed by atoms with E-state index < -0.39 is 0 Å². The third kappa shape index (κ3) is 5.49. The van der Waals surface area contributed by atoms with Crippen molar-refractivity contribution >= 4 is 17.2 Å². The highest BCUT2D eigenvalue weighted by Crippen LogP contribution is 2.37. The highest BCUT2D eigenvalue weighted by molar-refractivity contribution is 5.93. The number of anilines is 2. The van der Waals surface area contributed by atoms with Crippen LogP contribution < -0.4 is 22.1 Å². The molecule has 0 fully saturated rings. The second-order valence-corrected chi connectivity index (χ2v) is 8.94. The first-order chi connectivity index (χ1) is 18.7. The summed E-state index contributed by atoms with van der Waals surface area (Å²) in [5.41, 5.74) is 17.6. The Morgan fingerprint density at radius 1 is 0.737 bits per heavy atom. The standard InChI is InChI=1S/C29H31FN8/c30-23-8-6-20(7-9-23)29-28(22-11-17-36-27(19-22)34-15-3-13-32)25-5-1-4-24(38(25)37-29)21-10-16-35-26(18-21)33-14-2-12-31/h1,4-11,16-19H,2-3,12-15,31-32H2,(H,33,35)(H,34,36). The molecule has 0 aliphatic heterocycles. The van der Waals surface area contributed by atoms with E-state index in [1.54, 1.807) is 24.5 Å². The Kier molecular flexibility index (Phi) is 7.86. The number of rotatable bonds is 11. The van der Waals surface area contributed by atoms with E-state index in [0.29, 0.717) is 13.1 Å². The van der Waals surface area contributed by atoms with Crippen LogP contribution in [0, 0.1) is 5.82 Å². The number of benzene rings is 1. The molecule has 0 unspecified atom stereocenters. The summed E-state index contributed by atoms with van der Waals surface area (Å²) < 4.78 is 15.7. The number of nitrogens with one attached hydrogen (secondary N) is 2. The molecule has 0 saturated carbocycles. The molecule has 4 aromatic heterocycles. The summed E-state index contributed by atoms with van der Waals surface area (Å²) in [7, 11) is 0. The minimum atomic E-state index is -0.290. The number of nitrogens with zero attached hydrogens (tertiary/aromatic N) is 4. The molecule has 38 heavy (non-hydrogen) atoms. The quantitative estimate of drug-likeness (QED) is 0.189. The molecule has 0 amide bonds. The molecule has 6 N–H and O–H groups in total. The average molecular weight is 511 g/mol. The summed E-state index contributed by atoms with van der Waals surface area (Å²) in [6, 6.07) is 20.5. The van der Waals surface area contributed by atoms with Gasteiger partial charge in [-0.25, -0.2) is 18.9 Å². The van der Waals surface area contributed by atoms with Crippen molar-refractivity contribution in [3.63, 3.8) is 0 Å². The first-order valence-electron chi connectivity index (χ1n) is 12.8. The van der Waals surface area contributed by atoms with Crippen LogP contribution in [0.1, 0.15) is 12.8 Å². The van der Waals surface area contributed by atoms with Gasteiger partial charge in [-0.1, -0.05) is 6.07 Å². The molecule has 194 valence electrons. The normalized spacial score (nSPS) is 11.1. The van der Waals surface area contributed by atoms with Crippen LogP contribution in [0.3, 0.4) is 0 Å². The highest BCUT2D eigenvalue weighted by Gasteiger charge is 2.19. The monoisotopic (exact) mass is 510 g/mol. The fourth-order valence-corrected chi connectivity index (χ4v) is 4.39. The van der Waals surface area contributed by atoms with Crippen molar-refractivity contribution in [2.24, 2.45) is 11.5 Å². The summed E-state index contributed by atoms with van der Waals surface area (Å²) in [4.78, 5) is 8.91. The predicted molar refractivity (Wildman–Crippen MR) is 151 cm³/mol. The number of nitrogens with two attached hydrogens (primary N) is 2. The zero-order chi connectivity index (χ0) is 26.3. The topological polar surface area (TPSA) is 119 Å². The summed E-state index contributed by atoms with van der Waals surface area (Å²) in [6.07, 6.45) is 5.28. The molecule has 0 radical (unpaired) electrons. The lowest BCUT2D eigenvalue weighted by molar-refractivity contribution is 0.628. The Labute approximate surface area is 220 Å². The average Bonchev–Trinajstić information content (AvgIpc) is 3.34. The Hall–Kier alpha value is -4.34. The van der Waals surface area contributed by atoms with E-state index in [2.05, 4.69) is 20.6 Å². The minimum Gasteiger partial charge on any atom is -0.370 e. The molecular formula is C29H31FN8. The lowest BCUT2D eigenvalue weighted by Gasteiger charge is -2.10. The van der Waals surface area contributed by atoms with Crippen molar-refractivity contribution < 1.29 is 4.39 Å². The van der Waals surface area contributed by atoms with Crippen molar-refractivity contribution in [2.75, 3.05) is 36.8 Å². The maximum absolute atomic E-state index is 13.8. The largest absolute Gasteiger partial charge is 0.370 e. The van der Waals surface area contributed by atoms with Gasteiger partial charge in [-0.05, 0) is 92.2 Å². The van der Waals surface area contributed by atoms with Crippen molar-refractivity contribution in [2.45, 2.75) is 12.8 Å². The summed E-state index contributed by atoms with van der Waals surface area (Å²) in [5.74, 6) is 1.25. The zero-order valence-electron chi connectivity index (χ0n) is 21.1. The Bertz CT molecular complexity index is 1510. The third-order valence-electron chi connectivity index (χ3n) is 6.25. The van der Waals surface area contributed by atoms with E-state index in [-0.39, 0.29) is 5.82 Å². The van der Waals surface area contributed by atoms with Gasteiger partial charge in [0.1, 0.15) is 23.1 Å². The summed E-state index contributed by atoms with van der Waals surface area (Å²) in [5, 5.41) is 11.7. The Morgan fingerprint density at radius 3 is 2.03 bits per heavy atom. The van der Waals surface area contributed by atoms with Gasteiger partial charge in [0.05, 0.1) is 11.2 Å². The number of hydrogen-bond donors (Lipinski definition) is 4. The molecule has 1 aromatic carbocycles. The molecule has 4 heterocycles. The molecule has 5 rings (SSSR count). The van der Waals surface area contributed by atoms with E-state index in [0.717, 1.165) is 76.7 Å². The van der Waals surface area contributed by atoms with E-state index in [9.17, 15) is 4.39 Å². The molecule has 0 bridgehead atoms. The molecule has 8 nitrogen and oxygen atoms in total. The summed E-state index contributed by atoms with van der Waals surface area (Å²) >= 11 is 0. The van der Waals surface area contributed by atoms with Crippen LogP contribution in [0.25, 0.3) is 39.2 Å². The highest BCUT2D eigenvalue weighted by atomic mass is 19.1. The van der Waals surface area contributed by atoms with Gasteiger partial charge < -0.3 is 22.1 Å². The van der Waals surface area contributed by atoms with Gasteiger partial charge in [0.2, 0.25) is 0 Å². The van der Waals surface area contributed by atoms with E-state index in [4.69, 9.17) is 16.6 Å². The first-order valence-corrected chi connectivity index (χ1v) is 12.8. The van der Waals surface area contributed by atoms with Crippen LogP contribution in [0.2, 0.25) is 0 Å². The molecule has 0 atom stereocenters. The minimum absolute atomic E-state index is 0.290. The fraction of sp³-hybridized carbons (Fsp3) is 0.207. The molecule has 0 aliphatic rings. The van der Waals surface area contributed by atoms with E-state index in [1.807, 2.05) is 47.0 Å². The third-order valence-corrected chi connectivity index (χ3v) is 6.25. The Morgan fingerprint density at radius 2 is 1.37 bits per heavy atom. The second-order valence-electron chi connectivity index (χ2n) is 8.94. The molecule has 0 aliphatic carbocycles. The maximum atomic E-state index is 13.8. The van der Waals surface area contributed by atoms with Crippen LogP contribution >= 0.6 is 0 Å². The number of pyridine rings is 3. The molecule has 0 saturated heterocycles. The van der Waals surface area contributed by atoms with Crippen LogP contribution in [-0.2, 0) is 0 Å². The van der Waals surface area contributed by atoms with Crippen molar-refractivity contribution in [1.29, 1.82) is 0 Å². The number of fused-ring (bicyclic) bond motifs is 1. The lowest BCUT2D eigenvalue weighted by Crippen LogP contribution is -2.09. The number of aromatic nitrogens is 4. The van der Waals surface area contributed by atoms with Gasteiger partial charge in [0.15, 0.2) is 0 Å². The van der Waals surface area contributed by atoms with E-state index >= 15 is 0 Å². The lowest BCUT2D eigenvalue weighted by atomic mass is 10.00. The summed E-state index contributed by atoms with van der Waals surface area (Å²) in [6.45, 7) is 2.72. The SMILES string of the molecule is NCCCNc1cc(-c2c(-c3ccc(F)cc3)nn3c(-c4ccnc(NCCCN)c4)cccc23)ccn1. The zero-order valence-corrected chi connectivity index (χ0v) is 21.1. The number of halogens is 1. The van der Waals surface area contributed by atoms with Gasteiger partial charge in [-0.15, -0.1) is 0 Å². The fourth-order valence-electron chi connectivity index (χ4n) is 4.39. The van der Waals surface area contributed by atoms with Gasteiger partial charge in [-0.3, -0.25) is 0 Å². The van der Waals surface area contributed by atoms with Gasteiger partial charge in [0, 0.05) is 42.2 Å². The van der Waals surface area contributed by atoms with Crippen LogP contribution in [0.15, 0.2) is 79.1 Å². The van der Waals surface area contributed by atoms with Crippen molar-refractivity contribution in [1.82, 2.24) is 19.6 Å². The number of hydrogen-bond acceptors (Lipinski definition) is 7. The second kappa shape index (κ2) is 11.8. The smallest absolute Gasteiger partial charge is 0.126 e.